The van der Waals surface area contributed by atoms with E-state index in [0.717, 1.165) is 25.0 Å². The Balaban J connectivity index is 1.93. The van der Waals surface area contributed by atoms with E-state index in [1.807, 2.05) is 0 Å². The Morgan fingerprint density at radius 2 is 1.86 bits per heavy atom. The van der Waals surface area contributed by atoms with Crippen molar-refractivity contribution < 1.29 is 0 Å². The molecule has 2 heteroatoms. The highest BCUT2D eigenvalue weighted by atomic mass is 15.1. The molecule has 2 atom stereocenters. The fourth-order valence-corrected chi connectivity index (χ4v) is 3.68. The second-order valence-electron chi connectivity index (χ2n) is 6.75. The number of rotatable bonds is 6. The van der Waals surface area contributed by atoms with E-state index in [4.69, 9.17) is 0 Å². The molecule has 1 saturated heterocycles. The van der Waals surface area contributed by atoms with Crippen LogP contribution in [0.1, 0.15) is 49.8 Å². The normalized spacial score (nSPS) is 23.4. The van der Waals surface area contributed by atoms with Crippen molar-refractivity contribution in [2.75, 3.05) is 19.6 Å². The highest BCUT2D eigenvalue weighted by Gasteiger charge is 2.27. The molecule has 21 heavy (non-hydrogen) atoms. The predicted molar refractivity (Wildman–Crippen MR) is 91.7 cm³/mol. The summed E-state index contributed by atoms with van der Waals surface area (Å²) in [5.41, 5.74) is 4.25. The maximum absolute atomic E-state index is 3.75. The fraction of sp³-hybridized carbons (Fsp3) is 0.684. The Labute approximate surface area is 130 Å². The highest BCUT2D eigenvalue weighted by Crippen LogP contribution is 2.22. The Morgan fingerprint density at radius 1 is 1.14 bits per heavy atom. The zero-order chi connectivity index (χ0) is 15.2. The van der Waals surface area contributed by atoms with Crippen LogP contribution in [-0.4, -0.2) is 30.6 Å². The quantitative estimate of drug-likeness (QED) is 0.854. The molecule has 118 valence electrons. The molecule has 2 rings (SSSR count). The first-order valence-corrected chi connectivity index (χ1v) is 8.65. The smallest absolute Gasteiger partial charge is 0.0234 e. The summed E-state index contributed by atoms with van der Waals surface area (Å²) < 4.78 is 0. The molecule has 0 spiro atoms. The third kappa shape index (κ3) is 4.82. The lowest BCUT2D eigenvalue weighted by molar-refractivity contribution is 0.129. The van der Waals surface area contributed by atoms with Gasteiger partial charge < -0.3 is 5.32 Å². The van der Waals surface area contributed by atoms with Gasteiger partial charge in [-0.3, -0.25) is 4.90 Å². The molecular weight excluding hydrogens is 256 g/mol. The maximum atomic E-state index is 3.75. The molecule has 0 aliphatic carbocycles. The average molecular weight is 288 g/mol. The topological polar surface area (TPSA) is 15.3 Å². The molecule has 1 aromatic rings. The van der Waals surface area contributed by atoms with E-state index in [1.165, 1.54) is 49.0 Å². The van der Waals surface area contributed by atoms with Gasteiger partial charge in [0.05, 0.1) is 0 Å². The van der Waals surface area contributed by atoms with Gasteiger partial charge in [0.25, 0.3) is 0 Å². The third-order valence-corrected chi connectivity index (χ3v) is 4.69. The van der Waals surface area contributed by atoms with Crippen LogP contribution < -0.4 is 5.32 Å². The third-order valence-electron chi connectivity index (χ3n) is 4.69. The summed E-state index contributed by atoms with van der Waals surface area (Å²) in [6.07, 6.45) is 3.81. The Morgan fingerprint density at radius 3 is 2.48 bits per heavy atom. The summed E-state index contributed by atoms with van der Waals surface area (Å²) >= 11 is 0. The summed E-state index contributed by atoms with van der Waals surface area (Å²) in [6.45, 7) is 13.7. The lowest BCUT2D eigenvalue weighted by atomic mass is 9.89. The second kappa shape index (κ2) is 7.95. The van der Waals surface area contributed by atoms with Crippen LogP contribution in [0.5, 0.6) is 0 Å². The maximum Gasteiger partial charge on any atom is 0.0234 e. The van der Waals surface area contributed by atoms with Gasteiger partial charge in [-0.1, -0.05) is 49.6 Å². The highest BCUT2D eigenvalue weighted by molar-refractivity contribution is 5.28. The van der Waals surface area contributed by atoms with E-state index in [1.54, 1.807) is 0 Å². The first-order chi connectivity index (χ1) is 10.1. The molecule has 1 heterocycles. The standard InChI is InChI=1S/C19H32N2/c1-5-8-20-19-7-9-21(14-18(19)6-2)13-17-11-15(3)10-16(4)12-17/h10-12,18-20H,5-9,13-14H2,1-4H3. The van der Waals surface area contributed by atoms with Crippen molar-refractivity contribution >= 4 is 0 Å². The van der Waals surface area contributed by atoms with E-state index >= 15 is 0 Å². The SMILES string of the molecule is CCCNC1CCN(Cc2cc(C)cc(C)c2)CC1CC. The molecule has 2 nitrogen and oxygen atoms in total. The van der Waals surface area contributed by atoms with E-state index in [9.17, 15) is 0 Å². The molecule has 1 aromatic carbocycles. The van der Waals surface area contributed by atoms with Crippen molar-refractivity contribution in [2.45, 2.75) is 59.5 Å². The molecule has 0 bridgehead atoms. The molecule has 0 amide bonds. The Hall–Kier alpha value is -0.860. The molecule has 1 fully saturated rings. The summed E-state index contributed by atoms with van der Waals surface area (Å²) in [7, 11) is 0. The van der Waals surface area contributed by atoms with Gasteiger partial charge in [0.2, 0.25) is 0 Å². The van der Waals surface area contributed by atoms with Gasteiger partial charge in [-0.2, -0.15) is 0 Å². The first kappa shape index (κ1) is 16.5. The molecular formula is C19H32N2. The molecule has 1 aliphatic heterocycles. The largest absolute Gasteiger partial charge is 0.314 e. The van der Waals surface area contributed by atoms with Crippen molar-refractivity contribution in [2.24, 2.45) is 5.92 Å². The lowest BCUT2D eigenvalue weighted by Gasteiger charge is -2.39. The van der Waals surface area contributed by atoms with Gasteiger partial charge in [0.1, 0.15) is 0 Å². The zero-order valence-corrected chi connectivity index (χ0v) is 14.3. The molecule has 1 aliphatic rings. The minimum Gasteiger partial charge on any atom is -0.314 e. The fourth-order valence-electron chi connectivity index (χ4n) is 3.68. The van der Waals surface area contributed by atoms with Gasteiger partial charge in [0.15, 0.2) is 0 Å². The minimum absolute atomic E-state index is 0.727. The van der Waals surface area contributed by atoms with Gasteiger partial charge in [-0.15, -0.1) is 0 Å². The van der Waals surface area contributed by atoms with E-state index in [2.05, 4.69) is 56.1 Å². The van der Waals surface area contributed by atoms with Crippen molar-refractivity contribution in [1.82, 2.24) is 10.2 Å². The summed E-state index contributed by atoms with van der Waals surface area (Å²) in [5.74, 6) is 0.802. The number of hydrogen-bond donors (Lipinski definition) is 1. The minimum atomic E-state index is 0.727. The summed E-state index contributed by atoms with van der Waals surface area (Å²) in [6, 6.07) is 7.68. The van der Waals surface area contributed by atoms with Crippen molar-refractivity contribution in [3.8, 4) is 0 Å². The van der Waals surface area contributed by atoms with Crippen LogP contribution in [0.3, 0.4) is 0 Å². The van der Waals surface area contributed by atoms with Crippen LogP contribution in [0.2, 0.25) is 0 Å². The Bertz CT molecular complexity index is 421. The van der Waals surface area contributed by atoms with Crippen molar-refractivity contribution in [3.05, 3.63) is 34.9 Å². The number of benzene rings is 1. The van der Waals surface area contributed by atoms with Crippen LogP contribution in [0.25, 0.3) is 0 Å². The van der Waals surface area contributed by atoms with Crippen molar-refractivity contribution in [1.29, 1.82) is 0 Å². The summed E-state index contributed by atoms with van der Waals surface area (Å²) in [5, 5.41) is 3.75. The number of nitrogens with zero attached hydrogens (tertiary/aromatic N) is 1. The van der Waals surface area contributed by atoms with E-state index in [-0.39, 0.29) is 0 Å². The van der Waals surface area contributed by atoms with Crippen LogP contribution in [-0.2, 0) is 6.54 Å². The molecule has 0 aromatic heterocycles. The van der Waals surface area contributed by atoms with Gasteiger partial charge in [-0.25, -0.2) is 0 Å². The molecule has 0 radical (unpaired) electrons. The van der Waals surface area contributed by atoms with Crippen molar-refractivity contribution in [3.63, 3.8) is 0 Å². The van der Waals surface area contributed by atoms with E-state index < -0.39 is 0 Å². The molecule has 0 saturated carbocycles. The number of nitrogens with one attached hydrogen (secondary N) is 1. The monoisotopic (exact) mass is 288 g/mol. The van der Waals surface area contributed by atoms with Gasteiger partial charge in [0, 0.05) is 19.1 Å². The molecule has 1 N–H and O–H groups in total. The van der Waals surface area contributed by atoms with E-state index in [0.29, 0.717) is 0 Å². The van der Waals surface area contributed by atoms with Crippen LogP contribution >= 0.6 is 0 Å². The van der Waals surface area contributed by atoms with Crippen LogP contribution in [0.4, 0.5) is 0 Å². The number of likely N-dealkylation sites (tertiary alicyclic amines) is 1. The first-order valence-electron chi connectivity index (χ1n) is 8.65. The zero-order valence-electron chi connectivity index (χ0n) is 14.3. The second-order valence-corrected chi connectivity index (χ2v) is 6.75. The predicted octanol–water partition coefficient (Wildman–Crippen LogP) is 3.90. The summed E-state index contributed by atoms with van der Waals surface area (Å²) in [4.78, 5) is 2.65. The molecule has 2 unspecified atom stereocenters. The number of piperidine rings is 1. The Kier molecular flexibility index (Phi) is 6.25. The lowest BCUT2D eigenvalue weighted by Crippen LogP contribution is -2.49. The van der Waals surface area contributed by atoms with Gasteiger partial charge >= 0.3 is 0 Å². The number of aryl methyl sites for hydroxylation is 2. The van der Waals surface area contributed by atoms with Crippen LogP contribution in [0, 0.1) is 19.8 Å². The van der Waals surface area contributed by atoms with Gasteiger partial charge in [-0.05, 0) is 51.3 Å². The average Bonchev–Trinajstić information content (AvgIpc) is 2.44. The van der Waals surface area contributed by atoms with Crippen LogP contribution in [0.15, 0.2) is 18.2 Å². The number of hydrogen-bond acceptors (Lipinski definition) is 2.